The molecule has 0 radical (unpaired) electrons. The van der Waals surface area contributed by atoms with Crippen molar-refractivity contribution in [2.75, 3.05) is 0 Å². The number of hydrogen-bond acceptors (Lipinski definition) is 5. The summed E-state index contributed by atoms with van der Waals surface area (Å²) < 4.78 is 0. The van der Waals surface area contributed by atoms with Crippen molar-refractivity contribution in [1.29, 1.82) is 0 Å². The zero-order valence-corrected chi connectivity index (χ0v) is 6.86. The number of nitrogens with zero attached hydrogens (tertiary/aromatic N) is 2. The summed E-state index contributed by atoms with van der Waals surface area (Å²) in [6.45, 7) is 0. The lowest BCUT2D eigenvalue weighted by Crippen LogP contribution is -2.34. The first-order valence-corrected chi connectivity index (χ1v) is 4.15. The molecule has 3 rings (SSSR count). The first-order valence-electron chi connectivity index (χ1n) is 4.15. The number of rotatable bonds is 0. The van der Waals surface area contributed by atoms with Crippen LogP contribution in [0.5, 0.6) is 0 Å². The molecule has 0 bridgehead atoms. The molecule has 2 heterocycles. The van der Waals surface area contributed by atoms with Gasteiger partial charge in [0.2, 0.25) is 0 Å². The molecule has 3 aliphatic rings. The minimum Gasteiger partial charge on any atom is -0.289 e. The second kappa shape index (κ2) is 2.45. The Balaban J connectivity index is 2.09. The van der Waals surface area contributed by atoms with E-state index in [0.717, 1.165) is 5.82 Å². The van der Waals surface area contributed by atoms with Crippen LogP contribution in [-0.2, 0) is 0 Å². The lowest BCUT2D eigenvalue weighted by molar-refractivity contribution is 0.275. The maximum atomic E-state index is 4.20. The van der Waals surface area contributed by atoms with Crippen molar-refractivity contribution in [2.45, 2.75) is 0 Å². The van der Waals surface area contributed by atoms with E-state index in [2.05, 4.69) is 33.7 Å². The van der Waals surface area contributed by atoms with E-state index in [-0.39, 0.29) is 0 Å². The summed E-state index contributed by atoms with van der Waals surface area (Å²) in [5.41, 5.74) is 9.86. The van der Waals surface area contributed by atoms with Crippen LogP contribution in [0.3, 0.4) is 0 Å². The average molecular weight is 175 g/mol. The predicted octanol–water partition coefficient (Wildman–Crippen LogP) is -0.231. The van der Waals surface area contributed by atoms with Crippen LogP contribution in [0.25, 0.3) is 0 Å². The molecule has 0 aromatic rings. The van der Waals surface area contributed by atoms with Gasteiger partial charge in [0.05, 0.1) is 0 Å². The van der Waals surface area contributed by atoms with Crippen LogP contribution in [0, 0.1) is 5.92 Å². The van der Waals surface area contributed by atoms with Crippen molar-refractivity contribution in [3.63, 3.8) is 0 Å². The Hall–Kier alpha value is -1.59. The number of hydrogen-bond donors (Lipinski definition) is 3. The van der Waals surface area contributed by atoms with Gasteiger partial charge in [-0.3, -0.25) is 5.43 Å². The molecule has 1 fully saturated rings. The smallest absolute Gasteiger partial charge is 0.161 e. The van der Waals surface area contributed by atoms with Gasteiger partial charge < -0.3 is 0 Å². The molecule has 1 aliphatic carbocycles. The molecule has 2 aliphatic heterocycles. The lowest BCUT2D eigenvalue weighted by atomic mass is 9.95. The molecular weight excluding hydrogens is 166 g/mol. The molecule has 0 spiro atoms. The summed E-state index contributed by atoms with van der Waals surface area (Å²) in [5, 5.41) is 5.88. The van der Waals surface area contributed by atoms with E-state index in [4.69, 9.17) is 0 Å². The summed E-state index contributed by atoms with van der Waals surface area (Å²) in [5.74, 6) is 1.26. The first kappa shape index (κ1) is 6.88. The van der Waals surface area contributed by atoms with Gasteiger partial charge in [-0.1, -0.05) is 24.3 Å². The van der Waals surface area contributed by atoms with Gasteiger partial charge in [0.1, 0.15) is 0 Å². The zero-order chi connectivity index (χ0) is 8.67. The van der Waals surface area contributed by atoms with Gasteiger partial charge in [-0.25, -0.2) is 0 Å². The Morgan fingerprint density at radius 2 is 2.38 bits per heavy atom. The van der Waals surface area contributed by atoms with Gasteiger partial charge in [0, 0.05) is 17.7 Å². The number of fused-ring (bicyclic) bond motifs is 2. The number of hydrazone groups is 1. The third-order valence-corrected chi connectivity index (χ3v) is 2.24. The number of allylic oxidation sites excluding steroid dienone is 5. The van der Waals surface area contributed by atoms with Crippen LogP contribution in [0.1, 0.15) is 0 Å². The van der Waals surface area contributed by atoms with Crippen LogP contribution in [0.15, 0.2) is 40.8 Å². The molecule has 5 nitrogen and oxygen atoms in total. The van der Waals surface area contributed by atoms with E-state index in [1.807, 2.05) is 18.4 Å². The van der Waals surface area contributed by atoms with Crippen LogP contribution in [-0.4, -0.2) is 11.3 Å². The monoisotopic (exact) mass is 175 g/mol. The number of hydrazine groups is 3. The molecule has 3 N–H and O–H groups in total. The molecule has 1 unspecified atom stereocenters. The van der Waals surface area contributed by atoms with Crippen molar-refractivity contribution in [3.05, 3.63) is 35.7 Å². The fourth-order valence-electron chi connectivity index (χ4n) is 1.59. The minimum atomic E-state index is 0.297. The predicted molar refractivity (Wildman–Crippen MR) is 48.5 cm³/mol. The Morgan fingerprint density at radius 3 is 3.38 bits per heavy atom. The quantitative estimate of drug-likeness (QED) is 0.476. The van der Waals surface area contributed by atoms with Crippen LogP contribution < -0.4 is 16.5 Å². The number of nitrogens with one attached hydrogen (secondary N) is 3. The minimum absolute atomic E-state index is 0.297. The highest BCUT2D eigenvalue weighted by atomic mass is 15.9. The van der Waals surface area contributed by atoms with E-state index in [0.29, 0.717) is 5.92 Å². The SMILES string of the molecule is C1=CC2=C3NNNN3N=CC2C=C1. The lowest BCUT2D eigenvalue weighted by Gasteiger charge is -2.23. The molecule has 1 saturated heterocycles. The van der Waals surface area contributed by atoms with Gasteiger partial charge >= 0.3 is 0 Å². The zero-order valence-electron chi connectivity index (χ0n) is 6.86. The normalized spacial score (nSPS) is 28.9. The van der Waals surface area contributed by atoms with E-state index < -0.39 is 0 Å². The Labute approximate surface area is 75.4 Å². The topological polar surface area (TPSA) is 51.7 Å². The maximum Gasteiger partial charge on any atom is 0.161 e. The molecule has 0 amide bonds. The van der Waals surface area contributed by atoms with Crippen LogP contribution in [0.4, 0.5) is 0 Å². The first-order chi connectivity index (χ1) is 6.45. The highest BCUT2D eigenvalue weighted by molar-refractivity contribution is 5.72. The molecule has 1 atom stereocenters. The molecule has 13 heavy (non-hydrogen) atoms. The Bertz CT molecular complexity index is 352. The van der Waals surface area contributed by atoms with E-state index >= 15 is 0 Å². The third kappa shape index (κ3) is 0.912. The van der Waals surface area contributed by atoms with Crippen molar-refractivity contribution in [2.24, 2.45) is 11.0 Å². The Kier molecular flexibility index (Phi) is 1.29. The standard InChI is InChI=1S/C8H9N5/c1-2-4-7-6(3-1)5-9-13-8(7)10-11-12-13/h1-6,10-12H. The van der Waals surface area contributed by atoms with Gasteiger partial charge in [-0.15, -0.1) is 5.53 Å². The van der Waals surface area contributed by atoms with Crippen molar-refractivity contribution < 1.29 is 0 Å². The van der Waals surface area contributed by atoms with Gasteiger partial charge in [-0.2, -0.15) is 15.8 Å². The van der Waals surface area contributed by atoms with Crippen molar-refractivity contribution in [3.8, 4) is 0 Å². The highest BCUT2D eigenvalue weighted by Gasteiger charge is 2.26. The summed E-state index contributed by atoms with van der Waals surface area (Å²) in [4.78, 5) is 0. The second-order valence-corrected chi connectivity index (χ2v) is 3.01. The molecular formula is C8H9N5. The molecule has 0 aromatic heterocycles. The highest BCUT2D eigenvalue weighted by Crippen LogP contribution is 2.25. The molecule has 0 saturated carbocycles. The van der Waals surface area contributed by atoms with E-state index in [1.165, 1.54) is 5.57 Å². The maximum absolute atomic E-state index is 4.20. The van der Waals surface area contributed by atoms with Gasteiger partial charge in [-0.05, 0) is 0 Å². The van der Waals surface area contributed by atoms with E-state index in [1.54, 1.807) is 5.12 Å². The Morgan fingerprint density at radius 1 is 1.38 bits per heavy atom. The van der Waals surface area contributed by atoms with Crippen LogP contribution in [0.2, 0.25) is 0 Å². The fraction of sp³-hybridized carbons (Fsp3) is 0.125. The van der Waals surface area contributed by atoms with Crippen molar-refractivity contribution >= 4 is 6.21 Å². The summed E-state index contributed by atoms with van der Waals surface area (Å²) >= 11 is 0. The van der Waals surface area contributed by atoms with Crippen LogP contribution >= 0.6 is 0 Å². The summed E-state index contributed by atoms with van der Waals surface area (Å²) in [7, 11) is 0. The molecule has 5 heteroatoms. The fourth-order valence-corrected chi connectivity index (χ4v) is 1.59. The average Bonchev–Trinajstić information content (AvgIpc) is 2.65. The third-order valence-electron chi connectivity index (χ3n) is 2.24. The largest absolute Gasteiger partial charge is 0.289 e. The second-order valence-electron chi connectivity index (χ2n) is 3.01. The van der Waals surface area contributed by atoms with Gasteiger partial charge in [0.15, 0.2) is 5.82 Å². The van der Waals surface area contributed by atoms with Gasteiger partial charge in [0.25, 0.3) is 0 Å². The van der Waals surface area contributed by atoms with E-state index in [9.17, 15) is 0 Å². The molecule has 0 aromatic carbocycles. The summed E-state index contributed by atoms with van der Waals surface area (Å²) in [6, 6.07) is 0. The summed E-state index contributed by atoms with van der Waals surface area (Å²) in [6.07, 6.45) is 10.2. The van der Waals surface area contributed by atoms with Crippen molar-refractivity contribution in [1.82, 2.24) is 21.6 Å². The molecule has 66 valence electrons.